The highest BCUT2D eigenvalue weighted by molar-refractivity contribution is 5.16. The lowest BCUT2D eigenvalue weighted by Crippen LogP contribution is -2.04. The van der Waals surface area contributed by atoms with Crippen molar-refractivity contribution >= 4 is 0 Å². The zero-order valence-electron chi connectivity index (χ0n) is 8.79. The first kappa shape index (κ1) is 10.9. The van der Waals surface area contributed by atoms with E-state index in [1.54, 1.807) is 0 Å². The van der Waals surface area contributed by atoms with E-state index in [9.17, 15) is 0 Å². The van der Waals surface area contributed by atoms with Gasteiger partial charge in [-0.2, -0.15) is 4.98 Å². The Bertz CT molecular complexity index is 289. The predicted octanol–water partition coefficient (Wildman–Crippen LogP) is 1.08. The zero-order chi connectivity index (χ0) is 10.4. The second-order valence-corrected chi connectivity index (χ2v) is 3.07. The molecule has 0 unspecified atom stereocenters. The highest BCUT2D eigenvalue weighted by Crippen LogP contribution is 2.10. The van der Waals surface area contributed by atoms with Crippen LogP contribution in [0.2, 0.25) is 0 Å². The molecule has 4 heteroatoms. The Kier molecular flexibility index (Phi) is 4.32. The van der Waals surface area contributed by atoms with E-state index < -0.39 is 0 Å². The number of hydrogen-bond donors (Lipinski definition) is 1. The molecule has 0 spiro atoms. The van der Waals surface area contributed by atoms with E-state index in [1.165, 1.54) is 0 Å². The fraction of sp³-hybridized carbons (Fsp3) is 0.600. The summed E-state index contributed by atoms with van der Waals surface area (Å²) in [4.78, 5) is 8.47. The number of aromatic nitrogens is 2. The Morgan fingerprint density at radius 1 is 1.43 bits per heavy atom. The van der Waals surface area contributed by atoms with E-state index in [0.29, 0.717) is 19.0 Å². The largest absolute Gasteiger partial charge is 0.478 e. The fourth-order valence-corrected chi connectivity index (χ4v) is 1.23. The van der Waals surface area contributed by atoms with Gasteiger partial charge in [-0.1, -0.05) is 0 Å². The SMILES string of the molecule is CCOc1cc(CCCN)nc(C)n1. The van der Waals surface area contributed by atoms with Crippen LogP contribution in [-0.4, -0.2) is 23.1 Å². The molecule has 0 fully saturated rings. The Labute approximate surface area is 84.5 Å². The summed E-state index contributed by atoms with van der Waals surface area (Å²) in [6, 6.07) is 1.88. The fourth-order valence-electron chi connectivity index (χ4n) is 1.23. The zero-order valence-corrected chi connectivity index (χ0v) is 8.79. The van der Waals surface area contributed by atoms with Gasteiger partial charge in [-0.05, 0) is 33.2 Å². The molecule has 0 bridgehead atoms. The van der Waals surface area contributed by atoms with Gasteiger partial charge in [0.1, 0.15) is 5.82 Å². The van der Waals surface area contributed by atoms with Crippen LogP contribution in [0.25, 0.3) is 0 Å². The highest BCUT2D eigenvalue weighted by atomic mass is 16.5. The van der Waals surface area contributed by atoms with Crippen LogP contribution in [0.1, 0.15) is 24.9 Å². The van der Waals surface area contributed by atoms with Crippen LogP contribution in [-0.2, 0) is 6.42 Å². The monoisotopic (exact) mass is 195 g/mol. The van der Waals surface area contributed by atoms with Gasteiger partial charge in [-0.3, -0.25) is 0 Å². The first-order valence-electron chi connectivity index (χ1n) is 4.93. The van der Waals surface area contributed by atoms with E-state index in [0.717, 1.165) is 24.4 Å². The molecular formula is C10H17N3O. The minimum Gasteiger partial charge on any atom is -0.478 e. The number of nitrogens with zero attached hydrogens (tertiary/aromatic N) is 2. The molecule has 4 nitrogen and oxygen atoms in total. The summed E-state index contributed by atoms with van der Waals surface area (Å²) in [5.41, 5.74) is 6.44. The summed E-state index contributed by atoms with van der Waals surface area (Å²) in [6.45, 7) is 5.13. The molecule has 0 aliphatic heterocycles. The van der Waals surface area contributed by atoms with E-state index >= 15 is 0 Å². The number of hydrogen-bond acceptors (Lipinski definition) is 4. The standard InChI is InChI=1S/C10H17N3O/c1-3-14-10-7-9(5-4-6-11)12-8(2)13-10/h7H,3-6,11H2,1-2H3. The van der Waals surface area contributed by atoms with Gasteiger partial charge in [-0.15, -0.1) is 0 Å². The molecule has 0 radical (unpaired) electrons. The minimum atomic E-state index is 0.632. The van der Waals surface area contributed by atoms with Crippen molar-refractivity contribution in [3.8, 4) is 5.88 Å². The maximum atomic E-state index is 5.44. The van der Waals surface area contributed by atoms with Crippen molar-refractivity contribution in [2.24, 2.45) is 5.73 Å². The summed E-state index contributed by atoms with van der Waals surface area (Å²) in [5, 5.41) is 0. The molecule has 14 heavy (non-hydrogen) atoms. The first-order chi connectivity index (χ1) is 6.76. The van der Waals surface area contributed by atoms with Crippen LogP contribution in [0.5, 0.6) is 5.88 Å². The van der Waals surface area contributed by atoms with Gasteiger partial charge in [0.2, 0.25) is 5.88 Å². The molecule has 78 valence electrons. The molecule has 0 aliphatic rings. The molecular weight excluding hydrogens is 178 g/mol. The molecule has 0 saturated carbocycles. The third-order valence-electron chi connectivity index (χ3n) is 1.80. The summed E-state index contributed by atoms with van der Waals surface area (Å²) in [6.07, 6.45) is 1.84. The average molecular weight is 195 g/mol. The van der Waals surface area contributed by atoms with Crippen LogP contribution >= 0.6 is 0 Å². The third-order valence-corrected chi connectivity index (χ3v) is 1.80. The van der Waals surface area contributed by atoms with Gasteiger partial charge < -0.3 is 10.5 Å². The van der Waals surface area contributed by atoms with Gasteiger partial charge in [-0.25, -0.2) is 4.98 Å². The van der Waals surface area contributed by atoms with Gasteiger partial charge in [0, 0.05) is 11.8 Å². The molecule has 1 rings (SSSR count). The third kappa shape index (κ3) is 3.30. The van der Waals surface area contributed by atoms with Gasteiger partial charge >= 0.3 is 0 Å². The average Bonchev–Trinajstić information content (AvgIpc) is 2.14. The summed E-state index contributed by atoms with van der Waals surface area (Å²) in [5.74, 6) is 1.41. The molecule has 1 aromatic rings. The number of nitrogens with two attached hydrogens (primary N) is 1. The Morgan fingerprint density at radius 2 is 2.21 bits per heavy atom. The topological polar surface area (TPSA) is 61.0 Å². The Morgan fingerprint density at radius 3 is 2.86 bits per heavy atom. The molecule has 0 aliphatic carbocycles. The number of rotatable bonds is 5. The maximum absolute atomic E-state index is 5.44. The van der Waals surface area contributed by atoms with Gasteiger partial charge in [0.15, 0.2) is 0 Å². The van der Waals surface area contributed by atoms with E-state index in [1.807, 2.05) is 19.9 Å². The summed E-state index contributed by atoms with van der Waals surface area (Å²) < 4.78 is 5.32. The molecule has 2 N–H and O–H groups in total. The van der Waals surface area contributed by atoms with Crippen LogP contribution in [0.3, 0.4) is 0 Å². The van der Waals surface area contributed by atoms with Crippen LogP contribution in [0.15, 0.2) is 6.07 Å². The maximum Gasteiger partial charge on any atom is 0.216 e. The highest BCUT2D eigenvalue weighted by Gasteiger charge is 2.01. The second-order valence-electron chi connectivity index (χ2n) is 3.07. The van der Waals surface area contributed by atoms with Crippen molar-refractivity contribution in [3.63, 3.8) is 0 Å². The van der Waals surface area contributed by atoms with Crippen LogP contribution in [0.4, 0.5) is 0 Å². The normalized spacial score (nSPS) is 10.2. The second kappa shape index (κ2) is 5.54. The molecule has 1 aromatic heterocycles. The molecule has 0 amide bonds. The van der Waals surface area contributed by atoms with Crippen molar-refractivity contribution in [2.75, 3.05) is 13.2 Å². The van der Waals surface area contributed by atoms with Gasteiger partial charge in [0.25, 0.3) is 0 Å². The minimum absolute atomic E-state index is 0.632. The Hall–Kier alpha value is -1.16. The molecule has 0 saturated heterocycles. The lowest BCUT2D eigenvalue weighted by atomic mass is 10.2. The Balaban J connectivity index is 2.73. The lowest BCUT2D eigenvalue weighted by Gasteiger charge is -2.05. The predicted molar refractivity (Wildman–Crippen MR) is 55.3 cm³/mol. The summed E-state index contributed by atoms with van der Waals surface area (Å²) >= 11 is 0. The van der Waals surface area contributed by atoms with Crippen LogP contribution < -0.4 is 10.5 Å². The summed E-state index contributed by atoms with van der Waals surface area (Å²) in [7, 11) is 0. The van der Waals surface area contributed by atoms with Crippen molar-refractivity contribution in [1.29, 1.82) is 0 Å². The smallest absolute Gasteiger partial charge is 0.216 e. The van der Waals surface area contributed by atoms with E-state index in [2.05, 4.69) is 9.97 Å². The molecule has 0 atom stereocenters. The first-order valence-corrected chi connectivity index (χ1v) is 4.93. The van der Waals surface area contributed by atoms with Crippen molar-refractivity contribution < 1.29 is 4.74 Å². The van der Waals surface area contributed by atoms with E-state index in [-0.39, 0.29) is 0 Å². The molecule has 1 heterocycles. The number of ether oxygens (including phenoxy) is 1. The van der Waals surface area contributed by atoms with Crippen molar-refractivity contribution in [1.82, 2.24) is 9.97 Å². The molecule has 0 aromatic carbocycles. The number of aryl methyl sites for hydroxylation is 2. The van der Waals surface area contributed by atoms with E-state index in [4.69, 9.17) is 10.5 Å². The van der Waals surface area contributed by atoms with Crippen molar-refractivity contribution in [2.45, 2.75) is 26.7 Å². The quantitative estimate of drug-likeness (QED) is 0.763. The van der Waals surface area contributed by atoms with Crippen LogP contribution in [0, 0.1) is 6.92 Å². The lowest BCUT2D eigenvalue weighted by molar-refractivity contribution is 0.324. The van der Waals surface area contributed by atoms with Gasteiger partial charge in [0.05, 0.1) is 6.61 Å². The van der Waals surface area contributed by atoms with Crippen molar-refractivity contribution in [3.05, 3.63) is 17.6 Å².